The molecule has 48 heavy (non-hydrogen) atoms. The Morgan fingerprint density at radius 3 is 2.44 bits per heavy atom. The summed E-state index contributed by atoms with van der Waals surface area (Å²) in [5.41, 5.74) is 4.49. The third-order valence-electron chi connectivity index (χ3n) is 10.3. The Balaban J connectivity index is 1.08. The van der Waals surface area contributed by atoms with Crippen molar-refractivity contribution in [2.45, 2.75) is 51.1 Å². The molecule has 3 N–H and O–H groups in total. The molecule has 2 aliphatic heterocycles. The van der Waals surface area contributed by atoms with Gasteiger partial charge in [0.2, 0.25) is 17.7 Å². The summed E-state index contributed by atoms with van der Waals surface area (Å²) in [6.07, 6.45) is 5.93. The average molecular weight is 644 g/mol. The third-order valence-corrected chi connectivity index (χ3v) is 10.3. The van der Waals surface area contributed by atoms with Gasteiger partial charge in [0.25, 0.3) is 0 Å². The van der Waals surface area contributed by atoms with Crippen molar-refractivity contribution in [3.8, 4) is 0 Å². The number of carbonyl (C=O) groups is 3. The van der Waals surface area contributed by atoms with Crippen LogP contribution in [0.1, 0.15) is 47.6 Å². The summed E-state index contributed by atoms with van der Waals surface area (Å²) in [6, 6.07) is 23.6. The quantitative estimate of drug-likeness (QED) is 0.247. The van der Waals surface area contributed by atoms with Crippen molar-refractivity contribution >= 4 is 35.0 Å². The van der Waals surface area contributed by atoms with E-state index in [2.05, 4.69) is 36.9 Å². The molecule has 3 aliphatic rings. The molecule has 4 aromatic rings. The van der Waals surface area contributed by atoms with Crippen LogP contribution in [-0.4, -0.2) is 59.3 Å². The Morgan fingerprint density at radius 2 is 1.67 bits per heavy atom. The van der Waals surface area contributed by atoms with Crippen LogP contribution in [0.3, 0.4) is 0 Å². The molecule has 1 spiro atoms. The summed E-state index contributed by atoms with van der Waals surface area (Å²) in [5, 5.41) is 9.23. The monoisotopic (exact) mass is 643 g/mol. The zero-order valence-corrected chi connectivity index (χ0v) is 27.5. The SMILES string of the molecule is CNCc1ccccc1CN(CC(=O)Nc1ccc2c(c1)C[C@@]1(C2)C(=O)Nc2ncccc21)C(=O)C1(C)CCN(c2ccccn2)CC1. The van der Waals surface area contributed by atoms with Crippen LogP contribution in [0.2, 0.25) is 0 Å². The summed E-state index contributed by atoms with van der Waals surface area (Å²) in [4.78, 5) is 54.1. The lowest BCUT2D eigenvalue weighted by molar-refractivity contribution is -0.145. The van der Waals surface area contributed by atoms with Crippen molar-refractivity contribution < 1.29 is 14.4 Å². The lowest BCUT2D eigenvalue weighted by Crippen LogP contribution is -2.50. The second-order valence-corrected chi connectivity index (χ2v) is 13.5. The van der Waals surface area contributed by atoms with Gasteiger partial charge in [0.1, 0.15) is 18.2 Å². The average Bonchev–Trinajstić information content (AvgIpc) is 3.62. The highest BCUT2D eigenvalue weighted by Crippen LogP contribution is 2.47. The van der Waals surface area contributed by atoms with Gasteiger partial charge in [-0.1, -0.05) is 49.4 Å². The van der Waals surface area contributed by atoms with E-state index in [1.165, 1.54) is 0 Å². The first-order chi connectivity index (χ1) is 23.3. The lowest BCUT2D eigenvalue weighted by atomic mass is 9.78. The van der Waals surface area contributed by atoms with E-state index < -0.39 is 10.8 Å². The molecule has 1 fully saturated rings. The summed E-state index contributed by atoms with van der Waals surface area (Å²) < 4.78 is 0. The van der Waals surface area contributed by atoms with E-state index in [9.17, 15) is 14.4 Å². The van der Waals surface area contributed by atoms with Gasteiger partial charge in [-0.3, -0.25) is 14.4 Å². The van der Waals surface area contributed by atoms with Crippen LogP contribution in [0.15, 0.2) is 85.2 Å². The summed E-state index contributed by atoms with van der Waals surface area (Å²) in [7, 11) is 1.90. The molecule has 10 heteroatoms. The topological polar surface area (TPSA) is 120 Å². The van der Waals surface area contributed by atoms with Crippen molar-refractivity contribution in [1.82, 2.24) is 20.2 Å². The maximum Gasteiger partial charge on any atom is 0.244 e. The number of anilines is 3. The molecular formula is C38H41N7O3. The summed E-state index contributed by atoms with van der Waals surface area (Å²) in [5.74, 6) is 1.22. The Bertz CT molecular complexity index is 1850. The van der Waals surface area contributed by atoms with Crippen molar-refractivity contribution in [3.63, 3.8) is 0 Å². The second kappa shape index (κ2) is 12.8. The van der Waals surface area contributed by atoms with Crippen LogP contribution >= 0.6 is 0 Å². The van der Waals surface area contributed by atoms with Crippen LogP contribution in [-0.2, 0) is 45.7 Å². The first kappa shape index (κ1) is 31.5. The van der Waals surface area contributed by atoms with Crippen molar-refractivity contribution in [3.05, 3.63) is 113 Å². The number of aromatic nitrogens is 2. The molecule has 2 aromatic carbocycles. The zero-order chi connectivity index (χ0) is 33.3. The number of hydrogen-bond acceptors (Lipinski definition) is 7. The number of pyridine rings is 2. The van der Waals surface area contributed by atoms with E-state index in [1.807, 2.05) is 80.7 Å². The summed E-state index contributed by atoms with van der Waals surface area (Å²) in [6.45, 7) is 4.37. The van der Waals surface area contributed by atoms with Gasteiger partial charge in [0, 0.05) is 55.2 Å². The standard InChI is InChI=1S/C38H41N7O3/c1-37(14-18-44(19-15-37)32-11-5-6-16-40-32)36(48)45(24-28-9-4-3-8-27(28)23-39-2)25-33(46)42-30-13-12-26-21-38(22-29(26)20-30)31-10-7-17-41-34(31)43-35(38)47/h3-13,16-17,20,39H,14-15,18-19,21-25H2,1-2H3,(H,42,46)(H,41,43,47)/t38-/m1/s1. The van der Waals surface area contributed by atoms with Gasteiger partial charge in [0.05, 0.1) is 5.41 Å². The predicted molar refractivity (Wildman–Crippen MR) is 185 cm³/mol. The smallest absolute Gasteiger partial charge is 0.244 e. The lowest BCUT2D eigenvalue weighted by Gasteiger charge is -2.41. The van der Waals surface area contributed by atoms with E-state index in [0.717, 1.165) is 33.6 Å². The Hall–Kier alpha value is -5.09. The fourth-order valence-electron chi connectivity index (χ4n) is 7.56. The minimum atomic E-state index is -0.680. The van der Waals surface area contributed by atoms with E-state index in [4.69, 9.17) is 0 Å². The number of carbonyl (C=O) groups excluding carboxylic acids is 3. The number of benzene rings is 2. The largest absolute Gasteiger partial charge is 0.357 e. The van der Waals surface area contributed by atoms with Gasteiger partial charge < -0.3 is 25.8 Å². The highest BCUT2D eigenvalue weighted by molar-refractivity contribution is 6.06. The molecule has 0 unspecified atom stereocenters. The first-order valence-corrected chi connectivity index (χ1v) is 16.6. The first-order valence-electron chi connectivity index (χ1n) is 16.6. The number of nitrogens with zero attached hydrogens (tertiary/aromatic N) is 4. The van der Waals surface area contributed by atoms with E-state index >= 15 is 0 Å². The third kappa shape index (κ3) is 5.92. The molecule has 10 nitrogen and oxygen atoms in total. The molecule has 0 bridgehead atoms. The molecule has 7 rings (SSSR count). The fraction of sp³-hybridized carbons (Fsp3) is 0.342. The van der Waals surface area contributed by atoms with E-state index in [-0.39, 0.29) is 24.3 Å². The molecular weight excluding hydrogens is 602 g/mol. The molecule has 1 aliphatic carbocycles. The second-order valence-electron chi connectivity index (χ2n) is 13.5. The summed E-state index contributed by atoms with van der Waals surface area (Å²) >= 11 is 0. The predicted octanol–water partition coefficient (Wildman–Crippen LogP) is 4.46. The number of rotatable bonds is 9. The molecule has 4 heterocycles. The van der Waals surface area contributed by atoms with E-state index in [1.54, 1.807) is 17.3 Å². The molecule has 1 saturated heterocycles. The zero-order valence-electron chi connectivity index (χ0n) is 27.5. The molecule has 2 aromatic heterocycles. The molecule has 1 atom stereocenters. The number of piperidine rings is 1. The van der Waals surface area contributed by atoms with Gasteiger partial charge in [-0.05, 0) is 85.3 Å². The molecule has 246 valence electrons. The normalized spacial score (nSPS) is 19.0. The van der Waals surface area contributed by atoms with E-state index in [0.29, 0.717) is 63.4 Å². The maximum atomic E-state index is 14.4. The highest BCUT2D eigenvalue weighted by atomic mass is 16.2. The van der Waals surface area contributed by atoms with Crippen LogP contribution < -0.4 is 20.9 Å². The van der Waals surface area contributed by atoms with Crippen molar-refractivity contribution in [2.75, 3.05) is 42.2 Å². The highest BCUT2D eigenvalue weighted by Gasteiger charge is 2.51. The van der Waals surface area contributed by atoms with Crippen molar-refractivity contribution in [1.29, 1.82) is 0 Å². The Labute approximate surface area is 281 Å². The number of amides is 3. The van der Waals surface area contributed by atoms with Crippen LogP contribution in [0.4, 0.5) is 17.3 Å². The van der Waals surface area contributed by atoms with Gasteiger partial charge in [-0.2, -0.15) is 0 Å². The fourth-order valence-corrected chi connectivity index (χ4v) is 7.56. The Kier molecular flexibility index (Phi) is 8.43. The molecule has 0 saturated carbocycles. The number of nitrogens with one attached hydrogen (secondary N) is 3. The van der Waals surface area contributed by atoms with Crippen LogP contribution in [0, 0.1) is 5.41 Å². The number of hydrogen-bond donors (Lipinski definition) is 3. The minimum absolute atomic E-state index is 0.0204. The van der Waals surface area contributed by atoms with Crippen LogP contribution in [0.25, 0.3) is 0 Å². The van der Waals surface area contributed by atoms with Gasteiger partial charge >= 0.3 is 0 Å². The Morgan fingerprint density at radius 1 is 0.917 bits per heavy atom. The molecule has 3 amide bonds. The van der Waals surface area contributed by atoms with Gasteiger partial charge in [-0.25, -0.2) is 9.97 Å². The van der Waals surface area contributed by atoms with Crippen molar-refractivity contribution in [2.24, 2.45) is 5.41 Å². The minimum Gasteiger partial charge on any atom is -0.357 e. The van der Waals surface area contributed by atoms with Crippen LogP contribution in [0.5, 0.6) is 0 Å². The molecule has 0 radical (unpaired) electrons. The maximum absolute atomic E-state index is 14.4. The van der Waals surface area contributed by atoms with Gasteiger partial charge in [-0.15, -0.1) is 0 Å². The van der Waals surface area contributed by atoms with Gasteiger partial charge in [0.15, 0.2) is 0 Å². The number of fused-ring (bicyclic) bond motifs is 3.